The molecule has 0 saturated heterocycles. The zero-order chi connectivity index (χ0) is 19.6. The number of sulfonamides is 1. The van der Waals surface area contributed by atoms with Gasteiger partial charge in [-0.2, -0.15) is 0 Å². The minimum Gasteiger partial charge on any atom is -0.338 e. The number of fused-ring (bicyclic) bond motifs is 1. The number of nitrogens with zero attached hydrogens (tertiary/aromatic N) is 1. The van der Waals surface area contributed by atoms with Crippen LogP contribution in [0, 0.1) is 0 Å². The van der Waals surface area contributed by atoms with E-state index in [4.69, 9.17) is 11.6 Å². The molecule has 2 N–H and O–H groups in total. The Kier molecular flexibility index (Phi) is 5.20. The first-order valence-electron chi connectivity index (χ1n) is 7.92. The van der Waals surface area contributed by atoms with Crippen LogP contribution >= 0.6 is 11.6 Å². The number of amides is 2. The number of aromatic nitrogens is 1. The maximum absolute atomic E-state index is 12.3. The van der Waals surface area contributed by atoms with Crippen LogP contribution in [0.4, 0.5) is 5.69 Å². The van der Waals surface area contributed by atoms with Crippen LogP contribution in [0.5, 0.6) is 0 Å². The third-order valence-corrected chi connectivity index (χ3v) is 5.46. The predicted octanol–water partition coefficient (Wildman–Crippen LogP) is 2.76. The van der Waals surface area contributed by atoms with Gasteiger partial charge < -0.3 is 9.88 Å². The van der Waals surface area contributed by atoms with Crippen molar-refractivity contribution in [1.29, 1.82) is 0 Å². The van der Waals surface area contributed by atoms with Crippen LogP contribution in [-0.4, -0.2) is 24.8 Å². The molecule has 9 heteroatoms. The lowest BCUT2D eigenvalue weighted by Gasteiger charge is -2.09. The van der Waals surface area contributed by atoms with Crippen LogP contribution in [0.3, 0.4) is 0 Å². The van der Waals surface area contributed by atoms with Gasteiger partial charge in [0.1, 0.15) is 6.54 Å². The summed E-state index contributed by atoms with van der Waals surface area (Å²) in [6.07, 6.45) is 1.80. The van der Waals surface area contributed by atoms with Crippen molar-refractivity contribution in [1.82, 2.24) is 9.29 Å². The van der Waals surface area contributed by atoms with Crippen LogP contribution in [-0.2, 0) is 26.2 Å². The second-order valence-corrected chi connectivity index (χ2v) is 8.00. The van der Waals surface area contributed by atoms with Gasteiger partial charge in [0.25, 0.3) is 10.0 Å². The number of benzene rings is 2. The molecule has 0 aliphatic rings. The molecule has 0 radical (unpaired) electrons. The Hall–Kier alpha value is -2.84. The van der Waals surface area contributed by atoms with Crippen LogP contribution in [0.1, 0.15) is 6.92 Å². The summed E-state index contributed by atoms with van der Waals surface area (Å²) in [6.45, 7) is 1.19. The lowest BCUT2D eigenvalue weighted by Crippen LogP contribution is -2.28. The number of halogens is 1. The lowest BCUT2D eigenvalue weighted by molar-refractivity contribution is -0.117. The molecule has 0 fully saturated rings. The summed E-state index contributed by atoms with van der Waals surface area (Å²) in [5.41, 5.74) is 1.28. The molecule has 140 valence electrons. The van der Waals surface area contributed by atoms with Gasteiger partial charge in [-0.25, -0.2) is 13.1 Å². The standard InChI is InChI=1S/C18H16ClN3O4S/c1-12(23)21-27(25,26)16-6-4-15(5-7-16)20-18(24)11-22-9-8-13-2-3-14(19)10-17(13)22/h2-10H,11H2,1H3,(H,20,24)(H,21,23). The Morgan fingerprint density at radius 3 is 2.44 bits per heavy atom. The maximum atomic E-state index is 12.3. The highest BCUT2D eigenvalue weighted by molar-refractivity contribution is 7.90. The average Bonchev–Trinajstić information content (AvgIpc) is 2.96. The van der Waals surface area contributed by atoms with Gasteiger partial charge in [-0.1, -0.05) is 17.7 Å². The molecule has 27 heavy (non-hydrogen) atoms. The molecule has 0 spiro atoms. The van der Waals surface area contributed by atoms with Crippen molar-refractivity contribution in [2.45, 2.75) is 18.4 Å². The predicted molar refractivity (Wildman–Crippen MR) is 103 cm³/mol. The molecule has 2 amide bonds. The van der Waals surface area contributed by atoms with E-state index in [0.29, 0.717) is 10.7 Å². The molecule has 3 aromatic rings. The smallest absolute Gasteiger partial charge is 0.264 e. The molecule has 1 heterocycles. The zero-order valence-corrected chi connectivity index (χ0v) is 15.8. The number of hydrogen-bond acceptors (Lipinski definition) is 4. The Bertz CT molecular complexity index is 1120. The van der Waals surface area contributed by atoms with E-state index in [9.17, 15) is 18.0 Å². The van der Waals surface area contributed by atoms with E-state index in [1.165, 1.54) is 24.3 Å². The first kappa shape index (κ1) is 18.9. The molecule has 0 atom stereocenters. The van der Waals surface area contributed by atoms with Gasteiger partial charge in [0, 0.05) is 29.3 Å². The molecule has 0 unspecified atom stereocenters. The van der Waals surface area contributed by atoms with E-state index in [1.807, 2.05) is 16.9 Å². The minimum absolute atomic E-state index is 0.0678. The molecule has 0 aliphatic heterocycles. The minimum atomic E-state index is -3.90. The number of hydrogen-bond donors (Lipinski definition) is 2. The summed E-state index contributed by atoms with van der Waals surface area (Å²) in [6, 6.07) is 12.9. The monoisotopic (exact) mass is 405 g/mol. The summed E-state index contributed by atoms with van der Waals surface area (Å²) in [5, 5.41) is 4.26. The largest absolute Gasteiger partial charge is 0.338 e. The highest BCUT2D eigenvalue weighted by Gasteiger charge is 2.15. The molecule has 1 aromatic heterocycles. The van der Waals surface area contributed by atoms with E-state index < -0.39 is 15.9 Å². The van der Waals surface area contributed by atoms with Crippen molar-refractivity contribution in [2.24, 2.45) is 0 Å². The fraction of sp³-hybridized carbons (Fsp3) is 0.111. The van der Waals surface area contributed by atoms with Gasteiger partial charge in [-0.3, -0.25) is 9.59 Å². The second kappa shape index (κ2) is 7.42. The quantitative estimate of drug-likeness (QED) is 0.682. The van der Waals surface area contributed by atoms with Gasteiger partial charge in [0.2, 0.25) is 11.8 Å². The second-order valence-electron chi connectivity index (χ2n) is 5.88. The Morgan fingerprint density at radius 1 is 1.07 bits per heavy atom. The van der Waals surface area contributed by atoms with Crippen molar-refractivity contribution >= 4 is 50.0 Å². The average molecular weight is 406 g/mol. The third-order valence-electron chi connectivity index (χ3n) is 3.78. The summed E-state index contributed by atoms with van der Waals surface area (Å²) >= 11 is 6.01. The van der Waals surface area contributed by atoms with Gasteiger partial charge in [-0.05, 0) is 47.9 Å². The summed E-state index contributed by atoms with van der Waals surface area (Å²) in [7, 11) is -3.90. The van der Waals surface area contributed by atoms with Crippen molar-refractivity contribution < 1.29 is 18.0 Å². The molecule has 0 bridgehead atoms. The van der Waals surface area contributed by atoms with E-state index >= 15 is 0 Å². The van der Waals surface area contributed by atoms with E-state index in [-0.39, 0.29) is 17.3 Å². The molecule has 0 aliphatic carbocycles. The van der Waals surface area contributed by atoms with Crippen LogP contribution < -0.4 is 10.0 Å². The number of carbonyl (C=O) groups is 2. The van der Waals surface area contributed by atoms with Crippen molar-refractivity contribution in [3.8, 4) is 0 Å². The highest BCUT2D eigenvalue weighted by atomic mass is 35.5. The van der Waals surface area contributed by atoms with Gasteiger partial charge in [0.05, 0.1) is 4.90 Å². The van der Waals surface area contributed by atoms with E-state index in [0.717, 1.165) is 17.8 Å². The van der Waals surface area contributed by atoms with E-state index in [2.05, 4.69) is 5.32 Å². The van der Waals surface area contributed by atoms with Crippen molar-refractivity contribution in [2.75, 3.05) is 5.32 Å². The number of carbonyl (C=O) groups excluding carboxylic acids is 2. The molecule has 3 rings (SSSR count). The Morgan fingerprint density at radius 2 is 1.78 bits per heavy atom. The van der Waals surface area contributed by atoms with Crippen LogP contribution in [0.15, 0.2) is 59.6 Å². The van der Waals surface area contributed by atoms with Crippen LogP contribution in [0.2, 0.25) is 5.02 Å². The molecular formula is C18H16ClN3O4S. The molecule has 2 aromatic carbocycles. The SMILES string of the molecule is CC(=O)NS(=O)(=O)c1ccc(NC(=O)Cn2ccc3ccc(Cl)cc32)cc1. The summed E-state index contributed by atoms with van der Waals surface area (Å²) < 4.78 is 27.5. The van der Waals surface area contributed by atoms with Crippen molar-refractivity contribution in [3.63, 3.8) is 0 Å². The lowest BCUT2D eigenvalue weighted by atomic mass is 10.2. The fourth-order valence-corrected chi connectivity index (χ4v) is 3.77. The Balaban J connectivity index is 1.71. The van der Waals surface area contributed by atoms with E-state index in [1.54, 1.807) is 22.9 Å². The van der Waals surface area contributed by atoms with Crippen molar-refractivity contribution in [3.05, 3.63) is 59.8 Å². The number of rotatable bonds is 5. The highest BCUT2D eigenvalue weighted by Crippen LogP contribution is 2.21. The number of anilines is 1. The first-order chi connectivity index (χ1) is 12.7. The normalized spacial score (nSPS) is 11.3. The topological polar surface area (TPSA) is 97.3 Å². The molecule has 0 saturated carbocycles. The third kappa shape index (κ3) is 4.47. The summed E-state index contributed by atoms with van der Waals surface area (Å²) in [5.74, 6) is -0.948. The van der Waals surface area contributed by atoms with Gasteiger partial charge in [-0.15, -0.1) is 0 Å². The Labute approximate surface area is 161 Å². The fourth-order valence-electron chi connectivity index (χ4n) is 2.62. The zero-order valence-electron chi connectivity index (χ0n) is 14.3. The first-order valence-corrected chi connectivity index (χ1v) is 9.78. The van der Waals surface area contributed by atoms with Gasteiger partial charge in [0.15, 0.2) is 0 Å². The van der Waals surface area contributed by atoms with Crippen LogP contribution in [0.25, 0.3) is 10.9 Å². The maximum Gasteiger partial charge on any atom is 0.264 e. The molecule has 7 nitrogen and oxygen atoms in total. The number of nitrogens with one attached hydrogen (secondary N) is 2. The van der Waals surface area contributed by atoms with Gasteiger partial charge >= 0.3 is 0 Å². The summed E-state index contributed by atoms with van der Waals surface area (Å²) in [4.78, 5) is 23.2. The molecular weight excluding hydrogens is 390 g/mol.